The van der Waals surface area contributed by atoms with E-state index in [1.807, 2.05) is 113 Å². The minimum atomic E-state index is -0.349. The fourth-order valence-corrected chi connectivity index (χ4v) is 5.24. The van der Waals surface area contributed by atoms with Gasteiger partial charge in [0.25, 0.3) is 11.8 Å². The Bertz CT molecular complexity index is 1600. The number of hydrogen-bond donors (Lipinski definition) is 4. The molecule has 0 spiro atoms. The van der Waals surface area contributed by atoms with Crippen LogP contribution < -0.4 is 26.2 Å². The van der Waals surface area contributed by atoms with Gasteiger partial charge >= 0.3 is 0 Å². The Labute approximate surface area is 318 Å². The van der Waals surface area contributed by atoms with Crippen molar-refractivity contribution in [2.45, 2.75) is 66.1 Å². The summed E-state index contributed by atoms with van der Waals surface area (Å²) in [6.45, 7) is 15.8. The summed E-state index contributed by atoms with van der Waals surface area (Å²) < 4.78 is 0. The van der Waals surface area contributed by atoms with Crippen LogP contribution in [0.5, 0.6) is 0 Å². The summed E-state index contributed by atoms with van der Waals surface area (Å²) in [7, 11) is 1.93. The molecule has 2 atom stereocenters. The Kier molecular flexibility index (Phi) is 22.9. The van der Waals surface area contributed by atoms with Crippen molar-refractivity contribution in [2.24, 2.45) is 5.92 Å². The van der Waals surface area contributed by atoms with Crippen LogP contribution in [0.15, 0.2) is 83.9 Å². The molecule has 1 aliphatic carbocycles. The van der Waals surface area contributed by atoms with E-state index in [2.05, 4.69) is 31.2 Å². The molecule has 4 N–H and O–H groups in total. The third-order valence-electron chi connectivity index (χ3n) is 7.75. The van der Waals surface area contributed by atoms with Crippen LogP contribution in [-0.2, 0) is 20.9 Å². The van der Waals surface area contributed by atoms with E-state index in [9.17, 15) is 14.4 Å². The standard InChI is InChI=1S/C32H40N6O3.C4H5NS.C2H6.2CH2O/c1-22(26-10-7-13-33-20-26)37-32(41)28-16-27(17-29(18-28)38(3)21-25-8-5-4-6-9-25)31(40)35-15-14-34-23(2)30(39)36-19-24-11-12-24;1-4-2-6-3-5-4;3*1-2/h4-10,13,16-18,20,22-24,34H,11-12,14-15,19,21H2,1-3H3,(H,35,40)(H,36,39)(H,37,41);2-3H,1H3;1-2H3;2*1H2. The molecule has 5 rings (SSSR count). The number of hydrogen-bond acceptors (Lipinski definition) is 10. The number of anilines is 1. The number of nitrogens with zero attached hydrogens (tertiary/aromatic N) is 3. The molecule has 1 fully saturated rings. The van der Waals surface area contributed by atoms with E-state index in [4.69, 9.17) is 9.59 Å². The first kappa shape index (κ1) is 45.8. The van der Waals surface area contributed by atoms with E-state index >= 15 is 0 Å². The van der Waals surface area contributed by atoms with Gasteiger partial charge in [-0.3, -0.25) is 24.4 Å². The molecule has 2 aromatic heterocycles. The quantitative estimate of drug-likeness (QED) is 0.121. The summed E-state index contributed by atoms with van der Waals surface area (Å²) in [6.07, 6.45) is 5.78. The summed E-state index contributed by atoms with van der Waals surface area (Å²) in [6, 6.07) is 18.4. The highest BCUT2D eigenvalue weighted by Crippen LogP contribution is 2.27. The van der Waals surface area contributed by atoms with Crippen LogP contribution in [0.3, 0.4) is 0 Å². The number of aryl methyl sites for hydroxylation is 1. The number of carbonyl (C=O) groups excluding carboxylic acids is 5. The fourth-order valence-electron chi connectivity index (χ4n) is 4.69. The number of amides is 3. The van der Waals surface area contributed by atoms with Crippen LogP contribution in [0.2, 0.25) is 0 Å². The van der Waals surface area contributed by atoms with Gasteiger partial charge in [0.05, 0.1) is 17.6 Å². The molecule has 13 heteroatoms. The maximum atomic E-state index is 13.3. The van der Waals surface area contributed by atoms with Crippen LogP contribution in [0.4, 0.5) is 5.69 Å². The van der Waals surface area contributed by atoms with Gasteiger partial charge in [-0.05, 0) is 74.9 Å². The monoisotopic (exact) mass is 745 g/mol. The average Bonchev–Trinajstić information content (AvgIpc) is 3.92. The second kappa shape index (κ2) is 26.5. The van der Waals surface area contributed by atoms with Gasteiger partial charge in [0, 0.05) is 73.5 Å². The number of aromatic nitrogens is 2. The molecule has 53 heavy (non-hydrogen) atoms. The second-order valence-corrected chi connectivity index (χ2v) is 12.6. The van der Waals surface area contributed by atoms with Crippen molar-refractivity contribution < 1.29 is 24.0 Å². The predicted molar refractivity (Wildman–Crippen MR) is 213 cm³/mol. The first-order valence-electron chi connectivity index (χ1n) is 17.5. The van der Waals surface area contributed by atoms with E-state index in [0.29, 0.717) is 36.7 Å². The summed E-state index contributed by atoms with van der Waals surface area (Å²) in [5.41, 5.74) is 6.47. The number of nitrogens with one attached hydrogen (secondary N) is 4. The minimum absolute atomic E-state index is 0.0338. The molecule has 0 aliphatic heterocycles. The number of pyridine rings is 1. The molecule has 4 aromatic rings. The van der Waals surface area contributed by atoms with Crippen LogP contribution >= 0.6 is 11.3 Å². The Hall–Kier alpha value is -5.27. The predicted octanol–water partition coefficient (Wildman–Crippen LogP) is 5.55. The Morgan fingerprint density at radius 2 is 1.57 bits per heavy atom. The molecule has 3 amide bonds. The van der Waals surface area contributed by atoms with Crippen LogP contribution in [0.1, 0.15) is 84.1 Å². The molecule has 1 saturated carbocycles. The molecule has 0 saturated heterocycles. The van der Waals surface area contributed by atoms with E-state index in [1.54, 1.807) is 41.9 Å². The lowest BCUT2D eigenvalue weighted by Crippen LogP contribution is -2.45. The summed E-state index contributed by atoms with van der Waals surface area (Å²) in [4.78, 5) is 64.8. The number of thiazole rings is 1. The van der Waals surface area contributed by atoms with Crippen molar-refractivity contribution in [3.8, 4) is 0 Å². The lowest BCUT2D eigenvalue weighted by molar-refractivity contribution is -0.122. The molecule has 0 bridgehead atoms. The van der Waals surface area contributed by atoms with Crippen molar-refractivity contribution in [3.05, 3.63) is 112 Å². The van der Waals surface area contributed by atoms with Gasteiger partial charge < -0.3 is 35.8 Å². The number of carbonyl (C=O) groups is 5. The number of rotatable bonds is 14. The fraction of sp³-hybridized carbons (Fsp3) is 0.375. The molecule has 2 heterocycles. The highest BCUT2D eigenvalue weighted by atomic mass is 32.1. The summed E-state index contributed by atoms with van der Waals surface area (Å²) in [5.74, 6) is 0.0204. The van der Waals surface area contributed by atoms with Crippen molar-refractivity contribution in [1.29, 1.82) is 0 Å². The summed E-state index contributed by atoms with van der Waals surface area (Å²) in [5, 5.41) is 14.1. The second-order valence-electron chi connectivity index (χ2n) is 11.8. The molecule has 12 nitrogen and oxygen atoms in total. The molecule has 1 aliphatic rings. The third kappa shape index (κ3) is 17.7. The number of benzene rings is 2. The van der Waals surface area contributed by atoms with Gasteiger partial charge in [-0.1, -0.05) is 50.2 Å². The zero-order valence-corrected chi connectivity index (χ0v) is 32.6. The van der Waals surface area contributed by atoms with Gasteiger partial charge in [-0.2, -0.15) is 0 Å². The van der Waals surface area contributed by atoms with Gasteiger partial charge in [0.1, 0.15) is 13.6 Å². The lowest BCUT2D eigenvalue weighted by Gasteiger charge is -2.22. The SMILES string of the molecule is C=O.C=O.CC.CC(NCCNC(=O)c1cc(C(=O)NC(C)c2cccnc2)cc(N(C)Cc2ccccc2)c1)C(=O)NCC1CC1.Cc1cscn1. The average molecular weight is 746 g/mol. The lowest BCUT2D eigenvalue weighted by atomic mass is 10.1. The van der Waals surface area contributed by atoms with Gasteiger partial charge in [0.2, 0.25) is 5.91 Å². The first-order chi connectivity index (χ1) is 25.7. The maximum absolute atomic E-state index is 13.3. The maximum Gasteiger partial charge on any atom is 0.251 e. The normalized spacial score (nSPS) is 12.1. The molecule has 286 valence electrons. The van der Waals surface area contributed by atoms with Gasteiger partial charge in [-0.15, -0.1) is 11.3 Å². The van der Waals surface area contributed by atoms with E-state index < -0.39 is 0 Å². The topological polar surface area (TPSA) is 162 Å². The smallest absolute Gasteiger partial charge is 0.251 e. The highest BCUT2D eigenvalue weighted by molar-refractivity contribution is 7.07. The minimum Gasteiger partial charge on any atom is -0.370 e. The van der Waals surface area contributed by atoms with Crippen LogP contribution in [-0.4, -0.2) is 74.0 Å². The molecular weight excluding hydrogens is 691 g/mol. The van der Waals surface area contributed by atoms with E-state index in [0.717, 1.165) is 29.1 Å². The first-order valence-corrected chi connectivity index (χ1v) is 18.5. The highest BCUT2D eigenvalue weighted by Gasteiger charge is 2.23. The van der Waals surface area contributed by atoms with Gasteiger partial charge in [-0.25, -0.2) is 0 Å². The summed E-state index contributed by atoms with van der Waals surface area (Å²) >= 11 is 1.63. The molecular formula is C40H55N7O5S. The van der Waals surface area contributed by atoms with E-state index in [1.165, 1.54) is 12.8 Å². The van der Waals surface area contributed by atoms with Crippen molar-refractivity contribution in [2.75, 3.05) is 31.6 Å². The zero-order chi connectivity index (χ0) is 39.6. The van der Waals surface area contributed by atoms with E-state index in [-0.39, 0.29) is 29.8 Å². The largest absolute Gasteiger partial charge is 0.370 e. The van der Waals surface area contributed by atoms with Crippen molar-refractivity contribution in [1.82, 2.24) is 31.2 Å². The molecule has 2 aromatic carbocycles. The molecule has 0 radical (unpaired) electrons. The Morgan fingerprint density at radius 1 is 0.906 bits per heavy atom. The van der Waals surface area contributed by atoms with Crippen LogP contribution in [0.25, 0.3) is 0 Å². The van der Waals surface area contributed by atoms with Gasteiger partial charge in [0.15, 0.2) is 0 Å². The molecule has 2 unspecified atom stereocenters. The van der Waals surface area contributed by atoms with Crippen LogP contribution in [0, 0.1) is 12.8 Å². The van der Waals surface area contributed by atoms with Crippen molar-refractivity contribution in [3.63, 3.8) is 0 Å². The zero-order valence-electron chi connectivity index (χ0n) is 31.8. The van der Waals surface area contributed by atoms with Crippen molar-refractivity contribution >= 4 is 48.3 Å². The third-order valence-corrected chi connectivity index (χ3v) is 8.45. The Morgan fingerprint density at radius 3 is 2.11 bits per heavy atom. The Balaban J connectivity index is 0.00000102.